The zero-order valence-electron chi connectivity index (χ0n) is 20.7. The van der Waals surface area contributed by atoms with Crippen molar-refractivity contribution in [2.45, 2.75) is 25.4 Å². The van der Waals surface area contributed by atoms with Crippen molar-refractivity contribution in [3.8, 4) is 11.4 Å². The smallest absolute Gasteiger partial charge is 0.239 e. The van der Waals surface area contributed by atoms with Gasteiger partial charge in [-0.25, -0.2) is 9.97 Å². The molecule has 1 aliphatic heterocycles. The van der Waals surface area contributed by atoms with Crippen LogP contribution in [-0.4, -0.2) is 64.5 Å². The Balaban J connectivity index is 1.33. The molecule has 4 rings (SSSR count). The first-order valence-electron chi connectivity index (χ1n) is 12.2. The first-order chi connectivity index (χ1) is 17.8. The Bertz CT molecular complexity index is 1230. The molecule has 0 radical (unpaired) electrons. The predicted molar refractivity (Wildman–Crippen MR) is 147 cm³/mol. The number of aromatic nitrogens is 2. The predicted octanol–water partition coefficient (Wildman–Crippen LogP) is 3.38. The van der Waals surface area contributed by atoms with E-state index in [2.05, 4.69) is 41.8 Å². The number of rotatable bonds is 9. The number of nitrogens with one attached hydrogen (secondary N) is 3. The molecule has 2 heterocycles. The van der Waals surface area contributed by atoms with Crippen LogP contribution < -0.4 is 16.0 Å². The summed E-state index contributed by atoms with van der Waals surface area (Å²) >= 11 is 3.43. The molecule has 9 nitrogen and oxygen atoms in total. The summed E-state index contributed by atoms with van der Waals surface area (Å²) in [4.78, 5) is 34.8. The lowest BCUT2D eigenvalue weighted by atomic mass is 9.84. The second-order valence-electron chi connectivity index (χ2n) is 9.08. The number of carbonyl (C=O) groups excluding carboxylic acids is 2. The van der Waals surface area contributed by atoms with E-state index >= 15 is 0 Å². The van der Waals surface area contributed by atoms with E-state index in [9.17, 15) is 14.7 Å². The molecule has 0 atom stereocenters. The van der Waals surface area contributed by atoms with E-state index in [1.807, 2.05) is 53.4 Å². The molecule has 0 unspecified atom stereocenters. The Morgan fingerprint density at radius 3 is 2.51 bits per heavy atom. The normalized spacial score (nSPS) is 15.1. The van der Waals surface area contributed by atoms with Crippen molar-refractivity contribution in [2.24, 2.45) is 0 Å². The molecular formula is C27H31BrN6O3. The summed E-state index contributed by atoms with van der Waals surface area (Å²) in [6.45, 7) is 3.99. The van der Waals surface area contributed by atoms with E-state index in [-0.39, 0.29) is 18.4 Å². The molecule has 1 saturated heterocycles. The molecule has 0 spiro atoms. The molecule has 37 heavy (non-hydrogen) atoms. The van der Waals surface area contributed by atoms with E-state index < -0.39 is 5.60 Å². The van der Waals surface area contributed by atoms with Crippen LogP contribution in [0.1, 0.15) is 25.3 Å². The molecule has 0 bridgehead atoms. The van der Waals surface area contributed by atoms with Crippen molar-refractivity contribution < 1.29 is 14.7 Å². The Morgan fingerprint density at radius 1 is 1.05 bits per heavy atom. The minimum atomic E-state index is -0.876. The van der Waals surface area contributed by atoms with Crippen molar-refractivity contribution in [1.82, 2.24) is 20.2 Å². The highest BCUT2D eigenvalue weighted by Crippen LogP contribution is 2.33. The average Bonchev–Trinajstić information content (AvgIpc) is 2.89. The maximum Gasteiger partial charge on any atom is 0.239 e. The fourth-order valence-corrected chi connectivity index (χ4v) is 4.61. The Hall–Kier alpha value is -3.34. The summed E-state index contributed by atoms with van der Waals surface area (Å²) < 4.78 is 0.976. The van der Waals surface area contributed by atoms with Crippen molar-refractivity contribution in [3.05, 3.63) is 70.8 Å². The van der Waals surface area contributed by atoms with Crippen LogP contribution in [0, 0.1) is 0 Å². The van der Waals surface area contributed by atoms with Gasteiger partial charge in [0.15, 0.2) is 5.82 Å². The molecule has 1 aromatic heterocycles. The third kappa shape index (κ3) is 7.34. The van der Waals surface area contributed by atoms with Gasteiger partial charge in [-0.15, -0.1) is 0 Å². The fourth-order valence-electron chi connectivity index (χ4n) is 4.34. The molecular weight excluding hydrogens is 536 g/mol. The zero-order chi connectivity index (χ0) is 26.3. The third-order valence-corrected chi connectivity index (χ3v) is 6.87. The molecule has 3 aromatic rings. The number of hydrogen-bond acceptors (Lipinski definition) is 7. The summed E-state index contributed by atoms with van der Waals surface area (Å²) in [5.74, 6) is 0.663. The highest BCUT2D eigenvalue weighted by Gasteiger charge is 2.34. The lowest BCUT2D eigenvalue weighted by Crippen LogP contribution is -2.45. The molecule has 0 saturated carbocycles. The second-order valence-corrected chi connectivity index (χ2v) is 10.00. The van der Waals surface area contributed by atoms with Gasteiger partial charge in [0.1, 0.15) is 5.82 Å². The number of anilines is 2. The topological polar surface area (TPSA) is 119 Å². The number of nitrogens with zero attached hydrogens (tertiary/aromatic N) is 3. The van der Waals surface area contributed by atoms with E-state index in [4.69, 9.17) is 0 Å². The molecule has 4 N–H and O–H groups in total. The van der Waals surface area contributed by atoms with Gasteiger partial charge in [-0.3, -0.25) is 14.5 Å². The Kier molecular flexibility index (Phi) is 8.86. The summed E-state index contributed by atoms with van der Waals surface area (Å²) in [5, 5.41) is 20.0. The quantitative estimate of drug-likeness (QED) is 0.293. The van der Waals surface area contributed by atoms with Crippen LogP contribution in [0.3, 0.4) is 0 Å². The average molecular weight is 567 g/mol. The lowest BCUT2D eigenvalue weighted by molar-refractivity contribution is -0.119. The van der Waals surface area contributed by atoms with Crippen LogP contribution in [0.5, 0.6) is 0 Å². The minimum Gasteiger partial charge on any atom is -0.385 e. The number of halogens is 1. The van der Waals surface area contributed by atoms with Crippen molar-refractivity contribution in [1.29, 1.82) is 0 Å². The molecule has 0 aliphatic carbocycles. The fraction of sp³-hybridized carbons (Fsp3) is 0.333. The standard InChI is InChI=1S/C27H31BrN6O3/c1-19(35)29-14-15-30-23-5-3-2-4-22(23)26-31-13-10-24(33-26)32-25(36)18-34-16-11-27(37,12-17-34)20-6-8-21(28)9-7-20/h2-10,13,30,37H,11-12,14-18H2,1H3,(H,29,35)(H,31,32,33,36). The van der Waals surface area contributed by atoms with Crippen molar-refractivity contribution in [2.75, 3.05) is 43.4 Å². The lowest BCUT2D eigenvalue weighted by Gasteiger charge is -2.38. The van der Waals surface area contributed by atoms with Crippen LogP contribution in [-0.2, 0) is 15.2 Å². The zero-order valence-corrected chi connectivity index (χ0v) is 22.3. The van der Waals surface area contributed by atoms with E-state index in [0.717, 1.165) is 21.3 Å². The maximum atomic E-state index is 12.8. The minimum absolute atomic E-state index is 0.0771. The van der Waals surface area contributed by atoms with Gasteiger partial charge < -0.3 is 21.1 Å². The molecule has 10 heteroatoms. The van der Waals surface area contributed by atoms with Crippen LogP contribution in [0.15, 0.2) is 65.3 Å². The summed E-state index contributed by atoms with van der Waals surface area (Å²) in [5.41, 5.74) is 1.66. The van der Waals surface area contributed by atoms with E-state index in [0.29, 0.717) is 50.7 Å². The van der Waals surface area contributed by atoms with Gasteiger partial charge in [-0.2, -0.15) is 0 Å². The number of likely N-dealkylation sites (tertiary alicyclic amines) is 1. The third-order valence-electron chi connectivity index (χ3n) is 6.34. The van der Waals surface area contributed by atoms with Gasteiger partial charge in [0, 0.05) is 55.0 Å². The first kappa shape index (κ1) is 26.7. The van der Waals surface area contributed by atoms with Gasteiger partial charge in [-0.1, -0.05) is 40.2 Å². The van der Waals surface area contributed by atoms with Gasteiger partial charge in [0.25, 0.3) is 0 Å². The van der Waals surface area contributed by atoms with E-state index in [1.165, 1.54) is 6.92 Å². The number of hydrogen-bond donors (Lipinski definition) is 4. The monoisotopic (exact) mass is 566 g/mol. The van der Waals surface area contributed by atoms with Crippen LogP contribution in [0.25, 0.3) is 11.4 Å². The highest BCUT2D eigenvalue weighted by atomic mass is 79.9. The van der Waals surface area contributed by atoms with Crippen LogP contribution in [0.2, 0.25) is 0 Å². The molecule has 194 valence electrons. The maximum absolute atomic E-state index is 12.8. The van der Waals surface area contributed by atoms with Gasteiger partial charge in [0.2, 0.25) is 11.8 Å². The van der Waals surface area contributed by atoms with Crippen LogP contribution in [0.4, 0.5) is 11.5 Å². The number of para-hydroxylation sites is 1. The molecule has 2 amide bonds. The van der Waals surface area contributed by atoms with Crippen LogP contribution >= 0.6 is 15.9 Å². The SMILES string of the molecule is CC(=O)NCCNc1ccccc1-c1nccc(NC(=O)CN2CCC(O)(c3ccc(Br)cc3)CC2)n1. The van der Waals surface area contributed by atoms with Gasteiger partial charge in [-0.05, 0) is 48.7 Å². The molecule has 1 fully saturated rings. The Labute approximate surface area is 224 Å². The molecule has 2 aromatic carbocycles. The largest absolute Gasteiger partial charge is 0.385 e. The number of piperidine rings is 1. The second kappa shape index (κ2) is 12.3. The van der Waals surface area contributed by atoms with Crippen molar-refractivity contribution in [3.63, 3.8) is 0 Å². The molecule has 1 aliphatic rings. The number of carbonyl (C=O) groups is 2. The van der Waals surface area contributed by atoms with Gasteiger partial charge in [0.05, 0.1) is 12.1 Å². The summed E-state index contributed by atoms with van der Waals surface area (Å²) in [7, 11) is 0. The van der Waals surface area contributed by atoms with E-state index in [1.54, 1.807) is 12.3 Å². The van der Waals surface area contributed by atoms with Crippen molar-refractivity contribution >= 4 is 39.2 Å². The first-order valence-corrected chi connectivity index (χ1v) is 13.0. The Morgan fingerprint density at radius 2 is 1.78 bits per heavy atom. The number of aliphatic hydroxyl groups is 1. The number of amides is 2. The van der Waals surface area contributed by atoms with Gasteiger partial charge >= 0.3 is 0 Å². The summed E-state index contributed by atoms with van der Waals surface area (Å²) in [6.07, 6.45) is 2.74. The summed E-state index contributed by atoms with van der Waals surface area (Å²) in [6, 6.07) is 17.0. The highest BCUT2D eigenvalue weighted by molar-refractivity contribution is 9.10. The number of benzene rings is 2.